The highest BCUT2D eigenvalue weighted by Crippen LogP contribution is 2.23. The van der Waals surface area contributed by atoms with Crippen molar-refractivity contribution in [3.8, 4) is 16.9 Å². The van der Waals surface area contributed by atoms with Crippen LogP contribution in [-0.4, -0.2) is 16.0 Å². The Kier molecular flexibility index (Phi) is 4.74. The van der Waals surface area contributed by atoms with E-state index in [0.29, 0.717) is 0 Å². The third-order valence-electron chi connectivity index (χ3n) is 4.05. The Hall–Kier alpha value is -3.73. The molecule has 0 saturated heterocycles. The van der Waals surface area contributed by atoms with Gasteiger partial charge < -0.3 is 0 Å². The van der Waals surface area contributed by atoms with E-state index in [4.69, 9.17) is 0 Å². The van der Waals surface area contributed by atoms with Gasteiger partial charge in [-0.05, 0) is 48.5 Å². The summed E-state index contributed by atoms with van der Waals surface area (Å²) in [4.78, 5) is 0. The summed E-state index contributed by atoms with van der Waals surface area (Å²) in [6, 6.07) is 25.8. The van der Waals surface area contributed by atoms with Crippen molar-refractivity contribution in [1.82, 2.24) is 9.78 Å². The standard InChI is InChI=1S/C22H17FN4/c23-19-13-11-17(12-14-19)22-18(15-24-25-20-7-3-1-4-8-20)16-27(26-22)21-9-5-2-6-10-21/h1-16,25H/b24-15-. The summed E-state index contributed by atoms with van der Waals surface area (Å²) in [5, 5.41) is 9.00. The van der Waals surface area contributed by atoms with E-state index >= 15 is 0 Å². The Morgan fingerprint density at radius 3 is 2.22 bits per heavy atom. The van der Waals surface area contributed by atoms with Crippen LogP contribution in [0.3, 0.4) is 0 Å². The van der Waals surface area contributed by atoms with E-state index in [9.17, 15) is 4.39 Å². The fourth-order valence-electron chi connectivity index (χ4n) is 2.72. The number of hydrazone groups is 1. The number of hydrogen-bond donors (Lipinski definition) is 1. The SMILES string of the molecule is Fc1ccc(-c2nn(-c3ccccc3)cc2/C=N\Nc2ccccc2)cc1. The summed E-state index contributed by atoms with van der Waals surface area (Å²) in [7, 11) is 0. The minimum Gasteiger partial charge on any atom is -0.279 e. The van der Waals surface area contributed by atoms with Crippen LogP contribution in [0.1, 0.15) is 5.56 Å². The fourth-order valence-corrected chi connectivity index (χ4v) is 2.72. The Bertz CT molecular complexity index is 1040. The quantitative estimate of drug-likeness (QED) is 0.398. The van der Waals surface area contributed by atoms with Crippen LogP contribution in [0.25, 0.3) is 16.9 Å². The number of para-hydroxylation sites is 2. The summed E-state index contributed by atoms with van der Waals surface area (Å²) in [5.74, 6) is -0.276. The van der Waals surface area contributed by atoms with Gasteiger partial charge in [-0.15, -0.1) is 0 Å². The minimum absolute atomic E-state index is 0.276. The summed E-state index contributed by atoms with van der Waals surface area (Å²) in [5.41, 5.74) is 7.23. The van der Waals surface area contributed by atoms with Crippen molar-refractivity contribution in [3.63, 3.8) is 0 Å². The molecule has 27 heavy (non-hydrogen) atoms. The van der Waals surface area contributed by atoms with E-state index in [-0.39, 0.29) is 5.82 Å². The lowest BCUT2D eigenvalue weighted by Gasteiger charge is -2.00. The minimum atomic E-state index is -0.276. The molecule has 4 nitrogen and oxygen atoms in total. The van der Waals surface area contributed by atoms with Crippen LogP contribution in [-0.2, 0) is 0 Å². The molecule has 0 bridgehead atoms. The maximum absolute atomic E-state index is 13.3. The first-order chi connectivity index (χ1) is 13.3. The van der Waals surface area contributed by atoms with Crippen molar-refractivity contribution in [2.75, 3.05) is 5.43 Å². The van der Waals surface area contributed by atoms with Gasteiger partial charge in [-0.3, -0.25) is 5.43 Å². The van der Waals surface area contributed by atoms with Gasteiger partial charge in [0.05, 0.1) is 17.6 Å². The molecule has 0 aliphatic carbocycles. The van der Waals surface area contributed by atoms with Crippen molar-refractivity contribution < 1.29 is 4.39 Å². The first-order valence-corrected chi connectivity index (χ1v) is 8.55. The molecular weight excluding hydrogens is 339 g/mol. The number of nitrogens with one attached hydrogen (secondary N) is 1. The molecule has 132 valence electrons. The third kappa shape index (κ3) is 3.93. The van der Waals surface area contributed by atoms with Gasteiger partial charge in [0.2, 0.25) is 0 Å². The molecule has 0 atom stereocenters. The Labute approximate surface area is 156 Å². The topological polar surface area (TPSA) is 42.2 Å². The molecular formula is C22H17FN4. The molecule has 0 fully saturated rings. The molecule has 4 aromatic rings. The van der Waals surface area contributed by atoms with E-state index in [1.807, 2.05) is 66.9 Å². The number of benzene rings is 3. The summed E-state index contributed by atoms with van der Waals surface area (Å²) >= 11 is 0. The highest BCUT2D eigenvalue weighted by atomic mass is 19.1. The van der Waals surface area contributed by atoms with Crippen molar-refractivity contribution >= 4 is 11.9 Å². The van der Waals surface area contributed by atoms with Gasteiger partial charge in [-0.1, -0.05) is 36.4 Å². The molecule has 0 spiro atoms. The van der Waals surface area contributed by atoms with Crippen LogP contribution in [0.5, 0.6) is 0 Å². The van der Waals surface area contributed by atoms with Crippen molar-refractivity contribution in [3.05, 3.63) is 103 Å². The molecule has 0 aliphatic heterocycles. The van der Waals surface area contributed by atoms with Gasteiger partial charge in [-0.2, -0.15) is 10.2 Å². The lowest BCUT2D eigenvalue weighted by atomic mass is 10.1. The van der Waals surface area contributed by atoms with Crippen molar-refractivity contribution in [1.29, 1.82) is 0 Å². The first-order valence-electron chi connectivity index (χ1n) is 8.55. The number of rotatable bonds is 5. The smallest absolute Gasteiger partial charge is 0.123 e. The van der Waals surface area contributed by atoms with Crippen LogP contribution >= 0.6 is 0 Å². The second-order valence-corrected chi connectivity index (χ2v) is 5.96. The molecule has 0 amide bonds. The van der Waals surface area contributed by atoms with Gasteiger partial charge >= 0.3 is 0 Å². The highest BCUT2D eigenvalue weighted by molar-refractivity contribution is 5.89. The van der Waals surface area contributed by atoms with Gasteiger partial charge in [0, 0.05) is 17.3 Å². The van der Waals surface area contributed by atoms with Crippen molar-refractivity contribution in [2.45, 2.75) is 0 Å². The molecule has 0 saturated carbocycles. The van der Waals surface area contributed by atoms with Gasteiger partial charge in [-0.25, -0.2) is 9.07 Å². The largest absolute Gasteiger partial charge is 0.279 e. The summed E-state index contributed by atoms with van der Waals surface area (Å²) < 4.78 is 15.1. The molecule has 3 aromatic carbocycles. The number of anilines is 1. The van der Waals surface area contributed by atoms with Crippen molar-refractivity contribution in [2.24, 2.45) is 5.10 Å². The molecule has 1 aromatic heterocycles. The zero-order chi connectivity index (χ0) is 18.5. The Morgan fingerprint density at radius 1 is 0.852 bits per heavy atom. The molecule has 1 heterocycles. The fraction of sp³-hybridized carbons (Fsp3) is 0. The van der Waals surface area contributed by atoms with Crippen LogP contribution in [0.4, 0.5) is 10.1 Å². The molecule has 0 unspecified atom stereocenters. The lowest BCUT2D eigenvalue weighted by molar-refractivity contribution is 0.628. The zero-order valence-electron chi connectivity index (χ0n) is 14.5. The molecule has 4 rings (SSSR count). The normalized spacial score (nSPS) is 11.0. The summed E-state index contributed by atoms with van der Waals surface area (Å²) in [6.07, 6.45) is 3.63. The molecule has 0 aliphatic rings. The number of nitrogens with zero attached hydrogens (tertiary/aromatic N) is 3. The van der Waals surface area contributed by atoms with E-state index < -0.39 is 0 Å². The third-order valence-corrected chi connectivity index (χ3v) is 4.05. The van der Waals surface area contributed by atoms with Gasteiger partial charge in [0.1, 0.15) is 11.5 Å². The van der Waals surface area contributed by atoms with E-state index in [1.165, 1.54) is 12.1 Å². The average molecular weight is 356 g/mol. The maximum atomic E-state index is 13.3. The van der Waals surface area contributed by atoms with Gasteiger partial charge in [0.15, 0.2) is 0 Å². The maximum Gasteiger partial charge on any atom is 0.123 e. The zero-order valence-corrected chi connectivity index (χ0v) is 14.5. The van der Waals surface area contributed by atoms with E-state index in [0.717, 1.165) is 28.2 Å². The molecule has 5 heteroatoms. The Balaban J connectivity index is 1.69. The van der Waals surface area contributed by atoms with E-state index in [1.54, 1.807) is 23.0 Å². The van der Waals surface area contributed by atoms with E-state index in [2.05, 4.69) is 15.6 Å². The molecule has 1 N–H and O–H groups in total. The van der Waals surface area contributed by atoms with Gasteiger partial charge in [0.25, 0.3) is 0 Å². The molecule has 0 radical (unpaired) electrons. The second kappa shape index (κ2) is 7.66. The lowest BCUT2D eigenvalue weighted by Crippen LogP contribution is -1.94. The summed E-state index contributed by atoms with van der Waals surface area (Å²) in [6.45, 7) is 0. The highest BCUT2D eigenvalue weighted by Gasteiger charge is 2.11. The predicted octanol–water partition coefficient (Wildman–Crippen LogP) is 5.12. The average Bonchev–Trinajstić information content (AvgIpc) is 3.14. The first kappa shape index (κ1) is 16.7. The van der Waals surface area contributed by atoms with Crippen LogP contribution in [0, 0.1) is 5.82 Å². The Morgan fingerprint density at radius 2 is 1.52 bits per heavy atom. The predicted molar refractivity (Wildman–Crippen MR) is 107 cm³/mol. The number of aromatic nitrogens is 2. The monoisotopic (exact) mass is 356 g/mol. The van der Waals surface area contributed by atoms with Crippen LogP contribution < -0.4 is 5.43 Å². The number of hydrogen-bond acceptors (Lipinski definition) is 3. The van der Waals surface area contributed by atoms with Crippen LogP contribution in [0.2, 0.25) is 0 Å². The van der Waals surface area contributed by atoms with Crippen LogP contribution in [0.15, 0.2) is 96.2 Å². The second-order valence-electron chi connectivity index (χ2n) is 5.96. The number of halogens is 1.